The summed E-state index contributed by atoms with van der Waals surface area (Å²) in [6.07, 6.45) is 23.3. The summed E-state index contributed by atoms with van der Waals surface area (Å²) in [5.41, 5.74) is 0. The second-order valence-electron chi connectivity index (χ2n) is 6.75. The van der Waals surface area contributed by atoms with E-state index in [1.165, 1.54) is 103 Å². The van der Waals surface area contributed by atoms with Gasteiger partial charge in [-0.3, -0.25) is 0 Å². The van der Waals surface area contributed by atoms with Crippen LogP contribution in [0.25, 0.3) is 0 Å². The Morgan fingerprint density at radius 2 is 1.08 bits per heavy atom. The summed E-state index contributed by atoms with van der Waals surface area (Å²) < 4.78 is 4.14. The predicted molar refractivity (Wildman–Crippen MR) is 109 cm³/mol. The van der Waals surface area contributed by atoms with Crippen LogP contribution in [0.15, 0.2) is 12.7 Å². The minimum Gasteiger partial charge on any atom is -0.466 e. The molecule has 25 heavy (non-hydrogen) atoms. The third-order valence-electron chi connectivity index (χ3n) is 4.38. The molecule has 0 atom stereocenters. The largest absolute Gasteiger partial charge is 0.466 e. The predicted octanol–water partition coefficient (Wildman–Crippen LogP) is 6.59. The van der Waals surface area contributed by atoms with Gasteiger partial charge in [-0.1, -0.05) is 110 Å². The fraction of sp³-hybridized carbons (Fsp3) is 0.864. The number of ether oxygens (including phenoxy) is 1. The number of unbranched alkanes of at least 4 members (excludes halogenated alkanes) is 15. The lowest BCUT2D eigenvalue weighted by Gasteiger charge is -2.03. The normalized spacial score (nSPS) is 10.0. The van der Waals surface area contributed by atoms with Gasteiger partial charge in [0, 0.05) is 12.7 Å². The van der Waals surface area contributed by atoms with Crippen molar-refractivity contribution in [3.63, 3.8) is 0 Å². The molecule has 0 aromatic rings. The topological polar surface area (TPSA) is 46.5 Å². The Kier molecular flexibility index (Phi) is 26.8. The summed E-state index contributed by atoms with van der Waals surface area (Å²) in [5.74, 6) is -0.394. The number of rotatable bonds is 17. The van der Waals surface area contributed by atoms with E-state index >= 15 is 0 Å². The highest BCUT2D eigenvalue weighted by Gasteiger charge is 1.94. The molecule has 0 spiro atoms. The molecule has 0 aliphatic heterocycles. The van der Waals surface area contributed by atoms with Crippen molar-refractivity contribution in [2.75, 3.05) is 13.7 Å². The van der Waals surface area contributed by atoms with E-state index in [4.69, 9.17) is 5.11 Å². The van der Waals surface area contributed by atoms with Gasteiger partial charge >= 0.3 is 5.97 Å². The zero-order valence-corrected chi connectivity index (χ0v) is 17.1. The smallest absolute Gasteiger partial charge is 0.329 e. The first-order valence-electron chi connectivity index (χ1n) is 10.5. The monoisotopic (exact) mass is 356 g/mol. The Labute approximate surface area is 157 Å². The Bertz CT molecular complexity index is 248. The summed E-state index contributed by atoms with van der Waals surface area (Å²) in [5, 5.41) is 8.67. The van der Waals surface area contributed by atoms with Crippen LogP contribution in [0.1, 0.15) is 110 Å². The van der Waals surface area contributed by atoms with Crippen molar-refractivity contribution in [1.82, 2.24) is 0 Å². The van der Waals surface area contributed by atoms with Crippen LogP contribution in [0.5, 0.6) is 0 Å². The third-order valence-corrected chi connectivity index (χ3v) is 4.38. The van der Waals surface area contributed by atoms with Gasteiger partial charge in [0.05, 0.1) is 7.11 Å². The molecule has 0 aliphatic carbocycles. The number of hydrogen-bond acceptors (Lipinski definition) is 3. The van der Waals surface area contributed by atoms with Crippen molar-refractivity contribution in [2.45, 2.75) is 110 Å². The molecule has 0 saturated heterocycles. The molecule has 0 rings (SSSR count). The average Bonchev–Trinajstić information content (AvgIpc) is 2.64. The van der Waals surface area contributed by atoms with Gasteiger partial charge in [-0.15, -0.1) is 0 Å². The van der Waals surface area contributed by atoms with E-state index in [1.807, 2.05) is 0 Å². The quantitative estimate of drug-likeness (QED) is 0.182. The lowest BCUT2D eigenvalue weighted by molar-refractivity contribution is -0.134. The van der Waals surface area contributed by atoms with Gasteiger partial charge in [0.25, 0.3) is 0 Å². The molecule has 150 valence electrons. The van der Waals surface area contributed by atoms with E-state index in [9.17, 15) is 4.79 Å². The van der Waals surface area contributed by atoms with E-state index in [1.54, 1.807) is 0 Å². The highest BCUT2D eigenvalue weighted by atomic mass is 16.5. The maximum atomic E-state index is 9.84. The first-order chi connectivity index (χ1) is 12.2. The van der Waals surface area contributed by atoms with Crippen LogP contribution < -0.4 is 0 Å². The highest BCUT2D eigenvalue weighted by Crippen LogP contribution is 2.13. The average molecular weight is 357 g/mol. The molecular weight excluding hydrogens is 312 g/mol. The molecule has 0 unspecified atom stereocenters. The SMILES string of the molecule is C=CC(=O)OC.CCCCCCCCCCCCCCCCCCO. The van der Waals surface area contributed by atoms with Crippen molar-refractivity contribution in [1.29, 1.82) is 0 Å². The number of methoxy groups -OCH3 is 1. The molecule has 0 amide bonds. The van der Waals surface area contributed by atoms with Gasteiger partial charge in [0.15, 0.2) is 0 Å². The van der Waals surface area contributed by atoms with Crippen molar-refractivity contribution < 1.29 is 14.6 Å². The number of esters is 1. The summed E-state index contributed by atoms with van der Waals surface area (Å²) in [6.45, 7) is 5.81. The molecule has 0 bridgehead atoms. The zero-order chi connectivity index (χ0) is 19.0. The number of carbonyl (C=O) groups is 1. The van der Waals surface area contributed by atoms with E-state index in [2.05, 4.69) is 18.2 Å². The second kappa shape index (κ2) is 25.4. The van der Waals surface area contributed by atoms with Crippen molar-refractivity contribution in [2.24, 2.45) is 0 Å². The molecule has 0 aromatic carbocycles. The lowest BCUT2D eigenvalue weighted by atomic mass is 10.0. The molecule has 0 aromatic heterocycles. The van der Waals surface area contributed by atoms with Crippen LogP contribution in [0.3, 0.4) is 0 Å². The third kappa shape index (κ3) is 28.3. The van der Waals surface area contributed by atoms with Gasteiger partial charge in [0.1, 0.15) is 0 Å². The van der Waals surface area contributed by atoms with Crippen LogP contribution in [0.4, 0.5) is 0 Å². The van der Waals surface area contributed by atoms with E-state index in [0.717, 1.165) is 12.5 Å². The number of hydrogen-bond donors (Lipinski definition) is 1. The van der Waals surface area contributed by atoms with Crippen LogP contribution in [0.2, 0.25) is 0 Å². The van der Waals surface area contributed by atoms with E-state index in [0.29, 0.717) is 6.61 Å². The van der Waals surface area contributed by atoms with E-state index in [-0.39, 0.29) is 0 Å². The van der Waals surface area contributed by atoms with E-state index < -0.39 is 5.97 Å². The Balaban J connectivity index is 0. The van der Waals surface area contributed by atoms with Crippen LogP contribution in [-0.2, 0) is 9.53 Å². The molecule has 3 nitrogen and oxygen atoms in total. The van der Waals surface area contributed by atoms with Gasteiger partial charge in [-0.25, -0.2) is 4.79 Å². The van der Waals surface area contributed by atoms with Gasteiger partial charge < -0.3 is 9.84 Å². The molecule has 1 N–H and O–H groups in total. The molecule has 0 heterocycles. The second-order valence-corrected chi connectivity index (χ2v) is 6.75. The standard InChI is InChI=1S/C18H38O.C4H6O2/c1-2-3-4-5-6-7-8-9-10-11-12-13-14-15-16-17-18-19;1-3-4(5)6-2/h19H,2-18H2,1H3;3H,1H2,2H3. The molecule has 0 saturated carbocycles. The molecular formula is C22H44O3. The van der Waals surface area contributed by atoms with Gasteiger partial charge in [0.2, 0.25) is 0 Å². The van der Waals surface area contributed by atoms with Crippen molar-refractivity contribution >= 4 is 5.97 Å². The minimum absolute atomic E-state index is 0.373. The highest BCUT2D eigenvalue weighted by molar-refractivity contribution is 5.80. The Hall–Kier alpha value is -0.830. The fourth-order valence-corrected chi connectivity index (χ4v) is 2.74. The Morgan fingerprint density at radius 3 is 1.28 bits per heavy atom. The van der Waals surface area contributed by atoms with Crippen LogP contribution in [-0.4, -0.2) is 24.8 Å². The molecule has 3 heteroatoms. The van der Waals surface area contributed by atoms with Crippen LogP contribution >= 0.6 is 0 Å². The van der Waals surface area contributed by atoms with Gasteiger partial charge in [-0.2, -0.15) is 0 Å². The van der Waals surface area contributed by atoms with Crippen LogP contribution in [0, 0.1) is 0 Å². The maximum Gasteiger partial charge on any atom is 0.329 e. The fourth-order valence-electron chi connectivity index (χ4n) is 2.74. The lowest BCUT2D eigenvalue weighted by Crippen LogP contribution is -1.91. The minimum atomic E-state index is -0.394. The van der Waals surface area contributed by atoms with Gasteiger partial charge in [-0.05, 0) is 6.42 Å². The summed E-state index contributed by atoms with van der Waals surface area (Å²) in [6, 6.07) is 0. The zero-order valence-electron chi connectivity index (χ0n) is 17.1. The summed E-state index contributed by atoms with van der Waals surface area (Å²) >= 11 is 0. The first kappa shape index (κ1) is 26.4. The maximum absolute atomic E-state index is 9.84. The summed E-state index contributed by atoms with van der Waals surface area (Å²) in [7, 11) is 1.31. The first-order valence-corrected chi connectivity index (χ1v) is 10.5. The number of aliphatic hydroxyl groups excluding tert-OH is 1. The summed E-state index contributed by atoms with van der Waals surface area (Å²) in [4.78, 5) is 9.84. The molecule has 0 aliphatic rings. The molecule has 0 fully saturated rings. The number of aliphatic hydroxyl groups is 1. The Morgan fingerprint density at radius 1 is 0.760 bits per heavy atom. The van der Waals surface area contributed by atoms with Crippen molar-refractivity contribution in [3.05, 3.63) is 12.7 Å². The number of carbonyl (C=O) groups excluding carboxylic acids is 1. The molecule has 0 radical (unpaired) electrons. The van der Waals surface area contributed by atoms with Crippen molar-refractivity contribution in [3.8, 4) is 0 Å².